The summed E-state index contributed by atoms with van der Waals surface area (Å²) in [7, 11) is -3.37. The SMILES string of the molecule is CS(=O)(=O)Nc1ccc(N2C(=S)N[C@H](c3ccccn3)[C@H]2c2ccc(Sc3ccccc3)o2)cc1. The Hall–Kier alpha value is -3.34. The van der Waals surface area contributed by atoms with E-state index in [0.29, 0.717) is 10.8 Å². The second-order valence-electron chi connectivity index (χ2n) is 7.99. The minimum atomic E-state index is -3.37. The van der Waals surface area contributed by atoms with Crippen molar-refractivity contribution in [2.24, 2.45) is 0 Å². The van der Waals surface area contributed by atoms with E-state index in [2.05, 4.69) is 15.0 Å². The minimum Gasteiger partial charge on any atom is -0.452 e. The van der Waals surface area contributed by atoms with Gasteiger partial charge in [0.2, 0.25) is 10.0 Å². The van der Waals surface area contributed by atoms with Crippen molar-refractivity contribution in [3.8, 4) is 0 Å². The van der Waals surface area contributed by atoms with Gasteiger partial charge in [-0.2, -0.15) is 0 Å². The fourth-order valence-electron chi connectivity index (χ4n) is 3.98. The number of nitrogens with one attached hydrogen (secondary N) is 2. The second kappa shape index (κ2) is 9.73. The maximum Gasteiger partial charge on any atom is 0.229 e. The van der Waals surface area contributed by atoms with Crippen LogP contribution in [-0.2, 0) is 10.0 Å². The van der Waals surface area contributed by atoms with E-state index in [1.54, 1.807) is 30.1 Å². The van der Waals surface area contributed by atoms with E-state index < -0.39 is 10.0 Å². The Morgan fingerprint density at radius 3 is 2.43 bits per heavy atom. The first-order valence-electron chi connectivity index (χ1n) is 10.8. The van der Waals surface area contributed by atoms with Gasteiger partial charge in [0.15, 0.2) is 10.2 Å². The molecule has 178 valence electrons. The van der Waals surface area contributed by atoms with Crippen molar-refractivity contribution in [3.63, 3.8) is 0 Å². The molecule has 0 aliphatic carbocycles. The van der Waals surface area contributed by atoms with Crippen molar-refractivity contribution < 1.29 is 12.8 Å². The van der Waals surface area contributed by atoms with E-state index in [9.17, 15) is 8.42 Å². The normalized spacial score (nSPS) is 17.9. The quantitative estimate of drug-likeness (QED) is 0.313. The smallest absolute Gasteiger partial charge is 0.229 e. The zero-order chi connectivity index (χ0) is 24.4. The summed E-state index contributed by atoms with van der Waals surface area (Å²) in [5.74, 6) is 0.741. The van der Waals surface area contributed by atoms with Crippen LogP contribution in [0.25, 0.3) is 0 Å². The van der Waals surface area contributed by atoms with Crippen molar-refractivity contribution in [2.75, 3.05) is 15.9 Å². The van der Waals surface area contributed by atoms with Crippen LogP contribution in [0, 0.1) is 0 Å². The molecular formula is C25H22N4O3S3. The summed E-state index contributed by atoms with van der Waals surface area (Å²) in [5, 5.41) is 4.70. The summed E-state index contributed by atoms with van der Waals surface area (Å²) in [6.45, 7) is 0. The molecule has 0 bridgehead atoms. The van der Waals surface area contributed by atoms with Gasteiger partial charge in [-0.1, -0.05) is 36.0 Å². The van der Waals surface area contributed by atoms with Crippen molar-refractivity contribution in [2.45, 2.75) is 22.1 Å². The Kier molecular flexibility index (Phi) is 6.50. The highest BCUT2D eigenvalue weighted by Crippen LogP contribution is 2.43. The van der Waals surface area contributed by atoms with Gasteiger partial charge in [-0.3, -0.25) is 9.71 Å². The molecule has 0 radical (unpaired) electrons. The first-order valence-corrected chi connectivity index (χ1v) is 13.9. The predicted octanol–water partition coefficient (Wildman–Crippen LogP) is 5.37. The molecule has 1 aliphatic heterocycles. The predicted molar refractivity (Wildman–Crippen MR) is 142 cm³/mol. The van der Waals surface area contributed by atoms with Gasteiger partial charge in [0.05, 0.1) is 18.0 Å². The molecule has 1 aliphatic rings. The summed E-state index contributed by atoms with van der Waals surface area (Å²) in [4.78, 5) is 7.62. The van der Waals surface area contributed by atoms with Crippen molar-refractivity contribution in [1.82, 2.24) is 10.3 Å². The van der Waals surface area contributed by atoms with E-state index in [-0.39, 0.29) is 12.1 Å². The molecule has 2 N–H and O–H groups in total. The van der Waals surface area contributed by atoms with Crippen LogP contribution in [-0.4, -0.2) is 24.8 Å². The second-order valence-corrected chi connectivity index (χ2v) is 11.2. The van der Waals surface area contributed by atoms with Crippen LogP contribution < -0.4 is 14.9 Å². The standard InChI is InChI=1S/C25H22N4O3S3/c1-35(30,31)28-17-10-12-18(13-11-17)29-24(23(27-25(29)33)20-9-5-6-16-26-20)21-14-15-22(32-21)34-19-7-3-2-4-8-19/h2-16,23-24,28H,1H3,(H,27,33)/t23-,24-/m1/s1. The highest BCUT2D eigenvalue weighted by molar-refractivity contribution is 7.99. The number of furan rings is 1. The Morgan fingerprint density at radius 1 is 1.00 bits per heavy atom. The summed E-state index contributed by atoms with van der Waals surface area (Å²) < 4.78 is 32.0. The van der Waals surface area contributed by atoms with Gasteiger partial charge in [0.25, 0.3) is 0 Å². The Balaban J connectivity index is 1.50. The van der Waals surface area contributed by atoms with Crippen LogP contribution in [0.15, 0.2) is 106 Å². The number of benzene rings is 2. The van der Waals surface area contributed by atoms with Crippen LogP contribution in [0.1, 0.15) is 23.5 Å². The summed E-state index contributed by atoms with van der Waals surface area (Å²) in [6.07, 6.45) is 2.88. The number of thiocarbonyl (C=S) groups is 1. The number of hydrogen-bond donors (Lipinski definition) is 2. The van der Waals surface area contributed by atoms with Crippen LogP contribution in [0.4, 0.5) is 11.4 Å². The number of nitrogens with zero attached hydrogens (tertiary/aromatic N) is 2. The topological polar surface area (TPSA) is 87.5 Å². The van der Waals surface area contributed by atoms with E-state index in [0.717, 1.165) is 33.4 Å². The lowest BCUT2D eigenvalue weighted by atomic mass is 10.0. The Bertz CT molecular complexity index is 1430. The Morgan fingerprint density at radius 2 is 1.74 bits per heavy atom. The molecule has 5 rings (SSSR count). The van der Waals surface area contributed by atoms with Gasteiger partial charge in [-0.05, 0) is 72.9 Å². The van der Waals surface area contributed by atoms with Crippen LogP contribution in [0.3, 0.4) is 0 Å². The maximum atomic E-state index is 11.6. The van der Waals surface area contributed by atoms with Gasteiger partial charge < -0.3 is 14.6 Å². The molecule has 0 saturated carbocycles. The van der Waals surface area contributed by atoms with E-state index in [1.807, 2.05) is 77.7 Å². The van der Waals surface area contributed by atoms with E-state index >= 15 is 0 Å². The molecule has 0 spiro atoms. The summed E-state index contributed by atoms with van der Waals surface area (Å²) >= 11 is 7.29. The van der Waals surface area contributed by atoms with Crippen LogP contribution in [0.5, 0.6) is 0 Å². The lowest BCUT2D eigenvalue weighted by Crippen LogP contribution is -2.29. The molecule has 3 heterocycles. The minimum absolute atomic E-state index is 0.238. The van der Waals surface area contributed by atoms with E-state index in [1.165, 1.54) is 0 Å². The first kappa shape index (κ1) is 23.4. The molecular weight excluding hydrogens is 501 g/mol. The third-order valence-corrected chi connectivity index (χ3v) is 7.25. The number of sulfonamides is 1. The third kappa shape index (κ3) is 5.34. The zero-order valence-corrected chi connectivity index (χ0v) is 21.1. The fraction of sp³-hybridized carbons (Fsp3) is 0.120. The van der Waals surface area contributed by atoms with Crippen LogP contribution in [0.2, 0.25) is 0 Å². The summed E-state index contributed by atoms with van der Waals surface area (Å²) in [6, 6.07) is 26.3. The Labute approximate surface area is 213 Å². The largest absolute Gasteiger partial charge is 0.452 e. The highest BCUT2D eigenvalue weighted by atomic mass is 32.2. The van der Waals surface area contributed by atoms with Gasteiger partial charge in [-0.15, -0.1) is 0 Å². The lowest BCUT2D eigenvalue weighted by molar-refractivity contribution is 0.383. The molecule has 2 atom stereocenters. The number of hydrogen-bond acceptors (Lipinski definition) is 6. The molecule has 7 nitrogen and oxygen atoms in total. The fourth-order valence-corrected chi connectivity index (χ4v) is 5.69. The average molecular weight is 523 g/mol. The average Bonchev–Trinajstić information content (AvgIpc) is 3.44. The number of pyridine rings is 1. The number of rotatable bonds is 7. The highest BCUT2D eigenvalue weighted by Gasteiger charge is 2.42. The van der Waals surface area contributed by atoms with Crippen molar-refractivity contribution in [3.05, 3.63) is 103 Å². The molecule has 1 saturated heterocycles. The number of aromatic nitrogens is 1. The monoisotopic (exact) mass is 522 g/mol. The number of anilines is 2. The molecule has 35 heavy (non-hydrogen) atoms. The summed E-state index contributed by atoms with van der Waals surface area (Å²) in [5.41, 5.74) is 2.12. The zero-order valence-electron chi connectivity index (χ0n) is 18.7. The molecule has 1 fully saturated rings. The molecule has 0 amide bonds. The van der Waals surface area contributed by atoms with Gasteiger partial charge in [-0.25, -0.2) is 8.42 Å². The molecule has 0 unspecified atom stereocenters. The third-order valence-electron chi connectivity index (χ3n) is 5.40. The van der Waals surface area contributed by atoms with E-state index in [4.69, 9.17) is 16.6 Å². The molecule has 2 aromatic carbocycles. The van der Waals surface area contributed by atoms with Crippen molar-refractivity contribution in [1.29, 1.82) is 0 Å². The van der Waals surface area contributed by atoms with Crippen molar-refractivity contribution >= 4 is 50.5 Å². The molecule has 4 aromatic rings. The maximum absolute atomic E-state index is 11.6. The molecule has 2 aromatic heterocycles. The lowest BCUT2D eigenvalue weighted by Gasteiger charge is -2.26. The van der Waals surface area contributed by atoms with Gasteiger partial charge in [0, 0.05) is 22.5 Å². The first-order chi connectivity index (χ1) is 16.9. The molecule has 10 heteroatoms. The van der Waals surface area contributed by atoms with Gasteiger partial charge >= 0.3 is 0 Å². The van der Waals surface area contributed by atoms with Gasteiger partial charge in [0.1, 0.15) is 11.8 Å². The van der Waals surface area contributed by atoms with Crippen LogP contribution >= 0.6 is 24.0 Å².